The second kappa shape index (κ2) is 4.79. The second-order valence-electron chi connectivity index (χ2n) is 4.62. The van der Waals surface area contributed by atoms with Crippen molar-refractivity contribution in [3.8, 4) is 0 Å². The van der Waals surface area contributed by atoms with Gasteiger partial charge in [-0.2, -0.15) is 0 Å². The van der Waals surface area contributed by atoms with Gasteiger partial charge in [-0.3, -0.25) is 4.79 Å². The van der Waals surface area contributed by atoms with Crippen molar-refractivity contribution in [1.29, 1.82) is 0 Å². The van der Waals surface area contributed by atoms with Crippen LogP contribution in [0, 0.1) is 5.92 Å². The van der Waals surface area contributed by atoms with Gasteiger partial charge in [-0.1, -0.05) is 12.2 Å². The van der Waals surface area contributed by atoms with Gasteiger partial charge >= 0.3 is 0 Å². The topological polar surface area (TPSA) is 23.6 Å². The van der Waals surface area contributed by atoms with Crippen molar-refractivity contribution in [2.24, 2.45) is 5.92 Å². The number of nitrogens with zero attached hydrogens (tertiary/aromatic N) is 2. The molecule has 1 fully saturated rings. The molecule has 0 spiro atoms. The Hall–Kier alpha value is -0.830. The van der Waals surface area contributed by atoms with Gasteiger partial charge in [-0.15, -0.1) is 0 Å². The first-order valence-corrected chi connectivity index (χ1v) is 5.89. The van der Waals surface area contributed by atoms with Crippen LogP contribution in [0.2, 0.25) is 0 Å². The highest BCUT2D eigenvalue weighted by atomic mass is 16.2. The molecule has 15 heavy (non-hydrogen) atoms. The fraction of sp³-hybridized carbons (Fsp3) is 0.750. The SMILES string of the molecule is CN1CCC(C(=O)N2CC=CCC2)CC1. The Kier molecular flexibility index (Phi) is 3.41. The van der Waals surface area contributed by atoms with E-state index in [1.54, 1.807) is 0 Å². The highest BCUT2D eigenvalue weighted by Crippen LogP contribution is 2.19. The zero-order valence-corrected chi connectivity index (χ0v) is 9.48. The molecule has 0 aromatic rings. The maximum absolute atomic E-state index is 12.1. The quantitative estimate of drug-likeness (QED) is 0.603. The minimum absolute atomic E-state index is 0.285. The van der Waals surface area contributed by atoms with Gasteiger partial charge in [0, 0.05) is 19.0 Å². The predicted molar refractivity (Wildman–Crippen MR) is 60.6 cm³/mol. The van der Waals surface area contributed by atoms with Crippen molar-refractivity contribution in [2.45, 2.75) is 19.3 Å². The van der Waals surface area contributed by atoms with E-state index in [-0.39, 0.29) is 5.92 Å². The van der Waals surface area contributed by atoms with E-state index in [2.05, 4.69) is 24.1 Å². The monoisotopic (exact) mass is 208 g/mol. The van der Waals surface area contributed by atoms with Gasteiger partial charge in [0.05, 0.1) is 0 Å². The molecule has 1 amide bonds. The van der Waals surface area contributed by atoms with Crippen LogP contribution >= 0.6 is 0 Å². The lowest BCUT2D eigenvalue weighted by molar-refractivity contribution is -0.136. The number of rotatable bonds is 1. The van der Waals surface area contributed by atoms with E-state index in [0.717, 1.165) is 45.4 Å². The molecular weight excluding hydrogens is 188 g/mol. The van der Waals surface area contributed by atoms with E-state index < -0.39 is 0 Å². The van der Waals surface area contributed by atoms with Crippen molar-refractivity contribution < 1.29 is 4.79 Å². The molecule has 0 bridgehead atoms. The number of carbonyl (C=O) groups excluding carboxylic acids is 1. The van der Waals surface area contributed by atoms with Crippen LogP contribution in [0.5, 0.6) is 0 Å². The molecule has 0 aliphatic carbocycles. The zero-order chi connectivity index (χ0) is 10.7. The van der Waals surface area contributed by atoms with Crippen LogP contribution in [0.1, 0.15) is 19.3 Å². The van der Waals surface area contributed by atoms with E-state index in [1.807, 2.05) is 4.90 Å². The van der Waals surface area contributed by atoms with E-state index in [1.165, 1.54) is 0 Å². The van der Waals surface area contributed by atoms with Gasteiger partial charge < -0.3 is 9.80 Å². The summed E-state index contributed by atoms with van der Waals surface area (Å²) < 4.78 is 0. The van der Waals surface area contributed by atoms with Crippen LogP contribution in [-0.4, -0.2) is 48.9 Å². The van der Waals surface area contributed by atoms with Crippen molar-refractivity contribution in [3.05, 3.63) is 12.2 Å². The summed E-state index contributed by atoms with van der Waals surface area (Å²) in [6, 6.07) is 0. The summed E-state index contributed by atoms with van der Waals surface area (Å²) >= 11 is 0. The second-order valence-corrected chi connectivity index (χ2v) is 4.62. The largest absolute Gasteiger partial charge is 0.338 e. The normalized spacial score (nSPS) is 24.5. The fourth-order valence-corrected chi connectivity index (χ4v) is 2.36. The number of carbonyl (C=O) groups is 1. The first kappa shape index (κ1) is 10.7. The van der Waals surface area contributed by atoms with Crippen molar-refractivity contribution in [2.75, 3.05) is 33.2 Å². The number of amides is 1. The molecule has 0 atom stereocenters. The summed E-state index contributed by atoms with van der Waals surface area (Å²) in [4.78, 5) is 16.4. The van der Waals surface area contributed by atoms with Gasteiger partial charge in [0.25, 0.3) is 0 Å². The first-order valence-electron chi connectivity index (χ1n) is 5.89. The molecule has 1 saturated heterocycles. The van der Waals surface area contributed by atoms with Gasteiger partial charge in [-0.25, -0.2) is 0 Å². The van der Waals surface area contributed by atoms with Crippen LogP contribution in [0.3, 0.4) is 0 Å². The predicted octanol–water partition coefficient (Wildman–Crippen LogP) is 1.12. The van der Waals surface area contributed by atoms with Gasteiger partial charge in [-0.05, 0) is 39.4 Å². The van der Waals surface area contributed by atoms with Crippen LogP contribution in [0.4, 0.5) is 0 Å². The standard InChI is InChI=1S/C12H20N2O/c1-13-9-5-11(6-10-13)12(15)14-7-3-2-4-8-14/h2-3,11H,4-10H2,1H3. The fourth-order valence-electron chi connectivity index (χ4n) is 2.36. The lowest BCUT2D eigenvalue weighted by atomic mass is 9.95. The Morgan fingerprint density at radius 3 is 2.53 bits per heavy atom. The average molecular weight is 208 g/mol. The first-order chi connectivity index (χ1) is 7.27. The molecule has 3 heteroatoms. The maximum Gasteiger partial charge on any atom is 0.226 e. The third-order valence-electron chi connectivity index (χ3n) is 3.44. The van der Waals surface area contributed by atoms with E-state index in [0.29, 0.717) is 5.91 Å². The molecule has 2 aliphatic rings. The molecular formula is C12H20N2O. The lowest BCUT2D eigenvalue weighted by Crippen LogP contribution is -2.42. The highest BCUT2D eigenvalue weighted by Gasteiger charge is 2.27. The average Bonchev–Trinajstić information content (AvgIpc) is 2.30. The van der Waals surface area contributed by atoms with Crippen LogP contribution in [-0.2, 0) is 4.79 Å². The molecule has 0 aromatic carbocycles. The Morgan fingerprint density at radius 2 is 1.93 bits per heavy atom. The summed E-state index contributed by atoms with van der Waals surface area (Å²) in [5.41, 5.74) is 0. The Balaban J connectivity index is 1.87. The molecule has 0 N–H and O–H groups in total. The Morgan fingerprint density at radius 1 is 1.20 bits per heavy atom. The molecule has 2 rings (SSSR count). The van der Waals surface area contributed by atoms with Crippen molar-refractivity contribution >= 4 is 5.91 Å². The zero-order valence-electron chi connectivity index (χ0n) is 9.48. The molecule has 2 heterocycles. The van der Waals surface area contributed by atoms with E-state index in [4.69, 9.17) is 0 Å². The number of hydrogen-bond acceptors (Lipinski definition) is 2. The number of likely N-dealkylation sites (tertiary alicyclic amines) is 1. The van der Waals surface area contributed by atoms with Gasteiger partial charge in [0.2, 0.25) is 5.91 Å². The highest BCUT2D eigenvalue weighted by molar-refractivity contribution is 5.79. The molecule has 84 valence electrons. The minimum atomic E-state index is 0.285. The van der Waals surface area contributed by atoms with Crippen molar-refractivity contribution in [1.82, 2.24) is 9.80 Å². The summed E-state index contributed by atoms with van der Waals surface area (Å²) in [6.07, 6.45) is 7.37. The van der Waals surface area contributed by atoms with Crippen LogP contribution in [0.15, 0.2) is 12.2 Å². The van der Waals surface area contributed by atoms with Crippen LogP contribution in [0.25, 0.3) is 0 Å². The molecule has 0 radical (unpaired) electrons. The molecule has 0 aromatic heterocycles. The molecule has 0 unspecified atom stereocenters. The van der Waals surface area contributed by atoms with Gasteiger partial charge in [0.1, 0.15) is 0 Å². The minimum Gasteiger partial charge on any atom is -0.338 e. The smallest absolute Gasteiger partial charge is 0.226 e. The Bertz CT molecular complexity index is 254. The van der Waals surface area contributed by atoms with E-state index >= 15 is 0 Å². The summed E-state index contributed by atoms with van der Waals surface area (Å²) in [5, 5.41) is 0. The number of hydrogen-bond donors (Lipinski definition) is 0. The summed E-state index contributed by atoms with van der Waals surface area (Å²) in [7, 11) is 2.13. The third kappa shape index (κ3) is 2.59. The molecule has 3 nitrogen and oxygen atoms in total. The summed E-state index contributed by atoms with van der Waals surface area (Å²) in [5.74, 6) is 0.667. The molecule has 2 aliphatic heterocycles. The van der Waals surface area contributed by atoms with Crippen LogP contribution < -0.4 is 0 Å². The third-order valence-corrected chi connectivity index (χ3v) is 3.44. The maximum atomic E-state index is 12.1. The van der Waals surface area contributed by atoms with Gasteiger partial charge in [0.15, 0.2) is 0 Å². The summed E-state index contributed by atoms with van der Waals surface area (Å²) in [6.45, 7) is 3.88. The van der Waals surface area contributed by atoms with Crippen molar-refractivity contribution in [3.63, 3.8) is 0 Å². The molecule has 0 saturated carbocycles. The van der Waals surface area contributed by atoms with E-state index in [9.17, 15) is 4.79 Å². The number of piperidine rings is 1. The lowest BCUT2D eigenvalue weighted by Gasteiger charge is -2.32. The Labute approximate surface area is 91.7 Å².